The van der Waals surface area contributed by atoms with Crippen molar-refractivity contribution in [3.8, 4) is 0 Å². The number of carboxylic acid groups (broad SMARTS) is 1. The summed E-state index contributed by atoms with van der Waals surface area (Å²) in [6, 6.07) is 1.65. The molecule has 0 spiro atoms. The number of rotatable bonds is 6. The van der Waals surface area contributed by atoms with Crippen LogP contribution in [0.15, 0.2) is 17.0 Å². The molecule has 5 nitrogen and oxygen atoms in total. The number of halogens is 1. The van der Waals surface area contributed by atoms with E-state index in [0.29, 0.717) is 11.1 Å². The topological polar surface area (TPSA) is 74.7 Å². The number of aryl methyl sites for hydroxylation is 2. The Morgan fingerprint density at radius 3 is 2.19 bits per heavy atom. The minimum Gasteiger partial charge on any atom is -0.481 e. The van der Waals surface area contributed by atoms with E-state index in [-0.39, 0.29) is 17.9 Å². The van der Waals surface area contributed by atoms with Crippen molar-refractivity contribution in [2.75, 3.05) is 6.54 Å². The van der Waals surface area contributed by atoms with Gasteiger partial charge < -0.3 is 5.11 Å². The molecule has 1 atom stereocenters. The second kappa shape index (κ2) is 6.53. The smallest absolute Gasteiger partial charge is 0.304 e. The Morgan fingerprint density at radius 2 is 1.81 bits per heavy atom. The Balaban J connectivity index is 3.35. The summed E-state index contributed by atoms with van der Waals surface area (Å²) in [5.41, 5.74) is 0.627. The molecule has 1 aromatic rings. The van der Waals surface area contributed by atoms with Crippen LogP contribution in [0.4, 0.5) is 4.39 Å². The molecule has 21 heavy (non-hydrogen) atoms. The van der Waals surface area contributed by atoms with Crippen molar-refractivity contribution in [2.24, 2.45) is 0 Å². The maximum atomic E-state index is 13.3. The number of hydrogen-bond donors (Lipinski definition) is 1. The lowest BCUT2D eigenvalue weighted by atomic mass is 10.1. The first kappa shape index (κ1) is 17.6. The van der Waals surface area contributed by atoms with Gasteiger partial charge in [-0.25, -0.2) is 12.8 Å². The van der Waals surface area contributed by atoms with Crippen molar-refractivity contribution in [1.82, 2.24) is 4.31 Å². The molecule has 0 heterocycles. The van der Waals surface area contributed by atoms with Crippen molar-refractivity contribution >= 4 is 16.0 Å². The van der Waals surface area contributed by atoms with Crippen LogP contribution in [-0.2, 0) is 14.8 Å². The lowest BCUT2D eigenvalue weighted by Crippen LogP contribution is -2.40. The first-order valence-corrected chi connectivity index (χ1v) is 8.05. The zero-order valence-electron chi connectivity index (χ0n) is 12.6. The predicted molar refractivity (Wildman–Crippen MR) is 77.2 cm³/mol. The fourth-order valence-corrected chi connectivity index (χ4v) is 4.55. The molecule has 0 aliphatic carbocycles. The Morgan fingerprint density at radius 1 is 1.33 bits per heavy atom. The quantitative estimate of drug-likeness (QED) is 0.873. The number of nitrogens with zero attached hydrogens (tertiary/aromatic N) is 1. The van der Waals surface area contributed by atoms with Crippen LogP contribution in [0.5, 0.6) is 0 Å². The Kier molecular flexibility index (Phi) is 5.47. The minimum atomic E-state index is -3.87. The van der Waals surface area contributed by atoms with E-state index in [4.69, 9.17) is 5.11 Å². The lowest BCUT2D eigenvalue weighted by Gasteiger charge is -2.27. The summed E-state index contributed by atoms with van der Waals surface area (Å²) in [6.07, 6.45) is -0.285. The highest BCUT2D eigenvalue weighted by atomic mass is 32.2. The van der Waals surface area contributed by atoms with Crippen LogP contribution in [0.1, 0.15) is 31.4 Å². The molecule has 0 fully saturated rings. The van der Waals surface area contributed by atoms with Gasteiger partial charge in [-0.3, -0.25) is 4.79 Å². The lowest BCUT2D eigenvalue weighted by molar-refractivity contribution is -0.137. The maximum absolute atomic E-state index is 13.3. The molecule has 1 rings (SSSR count). The van der Waals surface area contributed by atoms with E-state index in [1.54, 1.807) is 13.8 Å². The summed E-state index contributed by atoms with van der Waals surface area (Å²) in [5, 5.41) is 8.84. The van der Waals surface area contributed by atoms with Crippen molar-refractivity contribution in [3.05, 3.63) is 29.1 Å². The SMILES string of the molecule is CCN(C(C)CC(=O)O)S(=O)(=O)c1c(C)cc(F)cc1C. The highest BCUT2D eigenvalue weighted by Gasteiger charge is 2.31. The predicted octanol–water partition coefficient (Wildman–Crippen LogP) is 2.32. The first-order valence-electron chi connectivity index (χ1n) is 6.61. The summed E-state index contributed by atoms with van der Waals surface area (Å²) in [4.78, 5) is 10.8. The molecule has 0 bridgehead atoms. The van der Waals surface area contributed by atoms with Gasteiger partial charge in [-0.05, 0) is 44.0 Å². The van der Waals surface area contributed by atoms with E-state index >= 15 is 0 Å². The van der Waals surface area contributed by atoms with Gasteiger partial charge >= 0.3 is 5.97 Å². The van der Waals surface area contributed by atoms with E-state index in [0.717, 1.165) is 16.4 Å². The molecule has 0 amide bonds. The van der Waals surface area contributed by atoms with Crippen molar-refractivity contribution in [1.29, 1.82) is 0 Å². The van der Waals surface area contributed by atoms with E-state index < -0.39 is 27.9 Å². The summed E-state index contributed by atoms with van der Waals surface area (Å²) in [5.74, 6) is -1.56. The van der Waals surface area contributed by atoms with Gasteiger partial charge in [0, 0.05) is 12.6 Å². The van der Waals surface area contributed by atoms with Gasteiger partial charge in [0.25, 0.3) is 0 Å². The third-order valence-electron chi connectivity index (χ3n) is 3.27. The molecular weight excluding hydrogens is 297 g/mol. The number of carboxylic acids is 1. The third kappa shape index (κ3) is 3.79. The zero-order chi connectivity index (χ0) is 16.4. The van der Waals surface area contributed by atoms with E-state index in [1.165, 1.54) is 13.8 Å². The van der Waals surface area contributed by atoms with Gasteiger partial charge in [0.2, 0.25) is 10.0 Å². The number of carbonyl (C=O) groups is 1. The van der Waals surface area contributed by atoms with Gasteiger partial charge in [-0.2, -0.15) is 4.31 Å². The van der Waals surface area contributed by atoms with Crippen LogP contribution in [-0.4, -0.2) is 36.4 Å². The highest BCUT2D eigenvalue weighted by Crippen LogP contribution is 2.26. The molecule has 0 aliphatic rings. The summed E-state index contributed by atoms with van der Waals surface area (Å²) in [7, 11) is -3.87. The van der Waals surface area contributed by atoms with Gasteiger partial charge in [0.15, 0.2) is 0 Å². The normalized spacial score (nSPS) is 13.4. The summed E-state index contributed by atoms with van der Waals surface area (Å²) < 4.78 is 40.0. The van der Waals surface area contributed by atoms with Gasteiger partial charge in [0.05, 0.1) is 11.3 Å². The summed E-state index contributed by atoms with van der Waals surface area (Å²) in [6.45, 7) is 6.39. The molecule has 0 saturated heterocycles. The number of aliphatic carboxylic acids is 1. The van der Waals surface area contributed by atoms with E-state index in [2.05, 4.69) is 0 Å². The fraction of sp³-hybridized carbons (Fsp3) is 0.500. The van der Waals surface area contributed by atoms with Crippen LogP contribution < -0.4 is 0 Å². The summed E-state index contributed by atoms with van der Waals surface area (Å²) >= 11 is 0. The van der Waals surface area contributed by atoms with E-state index in [1.807, 2.05) is 0 Å². The van der Waals surface area contributed by atoms with Crippen molar-refractivity contribution in [2.45, 2.75) is 45.1 Å². The second-order valence-electron chi connectivity index (χ2n) is 5.02. The third-order valence-corrected chi connectivity index (χ3v) is 5.66. The average molecular weight is 317 g/mol. The largest absolute Gasteiger partial charge is 0.481 e. The van der Waals surface area contributed by atoms with Gasteiger partial charge in [0.1, 0.15) is 5.82 Å². The Labute approximate surface area is 124 Å². The van der Waals surface area contributed by atoms with E-state index in [9.17, 15) is 17.6 Å². The monoisotopic (exact) mass is 317 g/mol. The molecule has 0 aromatic heterocycles. The van der Waals surface area contributed by atoms with Crippen LogP contribution in [0, 0.1) is 19.7 Å². The Bertz CT molecular complexity index is 619. The zero-order valence-corrected chi connectivity index (χ0v) is 13.4. The molecule has 1 unspecified atom stereocenters. The molecule has 0 radical (unpaired) electrons. The number of sulfonamides is 1. The van der Waals surface area contributed by atoms with Crippen LogP contribution in [0.3, 0.4) is 0 Å². The van der Waals surface area contributed by atoms with Crippen LogP contribution in [0.2, 0.25) is 0 Å². The highest BCUT2D eigenvalue weighted by molar-refractivity contribution is 7.89. The second-order valence-corrected chi connectivity index (χ2v) is 6.85. The fourth-order valence-electron chi connectivity index (χ4n) is 2.49. The number of benzene rings is 1. The molecule has 1 N–H and O–H groups in total. The number of hydrogen-bond acceptors (Lipinski definition) is 3. The van der Waals surface area contributed by atoms with Gasteiger partial charge in [-0.15, -0.1) is 0 Å². The maximum Gasteiger partial charge on any atom is 0.304 e. The molecule has 7 heteroatoms. The van der Waals surface area contributed by atoms with Crippen molar-refractivity contribution < 1.29 is 22.7 Å². The standard InChI is InChI=1S/C14H20FNO4S/c1-5-16(11(4)8-13(17)18)21(19,20)14-9(2)6-12(15)7-10(14)3/h6-7,11H,5,8H2,1-4H3,(H,17,18). The molecule has 118 valence electrons. The Hall–Kier alpha value is -1.47. The van der Waals surface area contributed by atoms with Crippen LogP contribution in [0.25, 0.3) is 0 Å². The molecule has 0 saturated carbocycles. The first-order chi connectivity index (χ1) is 9.61. The minimum absolute atomic E-state index is 0.0444. The van der Waals surface area contributed by atoms with Crippen LogP contribution >= 0.6 is 0 Å². The molecule has 0 aliphatic heterocycles. The average Bonchev–Trinajstić information content (AvgIpc) is 2.25. The molecule has 1 aromatic carbocycles. The molecular formula is C14H20FNO4S. The van der Waals surface area contributed by atoms with Gasteiger partial charge in [-0.1, -0.05) is 6.92 Å². The van der Waals surface area contributed by atoms with Crippen molar-refractivity contribution in [3.63, 3.8) is 0 Å².